The summed E-state index contributed by atoms with van der Waals surface area (Å²) in [6.07, 6.45) is 0. The third kappa shape index (κ3) is 2.19. The van der Waals surface area contributed by atoms with E-state index in [0.29, 0.717) is 11.3 Å². The lowest BCUT2D eigenvalue weighted by Crippen LogP contribution is -2.31. The van der Waals surface area contributed by atoms with Crippen molar-refractivity contribution in [3.63, 3.8) is 0 Å². The van der Waals surface area contributed by atoms with Gasteiger partial charge in [0.1, 0.15) is 11.7 Å². The highest BCUT2D eigenvalue weighted by atomic mass is 16.5. The van der Waals surface area contributed by atoms with Crippen molar-refractivity contribution in [1.82, 2.24) is 10.2 Å². The van der Waals surface area contributed by atoms with Gasteiger partial charge in [-0.3, -0.25) is 10.5 Å². The first-order chi connectivity index (χ1) is 10.7. The number of aromatic nitrogens is 2. The summed E-state index contributed by atoms with van der Waals surface area (Å²) < 4.78 is 10.5. The first kappa shape index (κ1) is 14.1. The molecule has 0 amide bonds. The number of benzene rings is 1. The van der Waals surface area contributed by atoms with Crippen LogP contribution in [0.15, 0.2) is 24.3 Å². The summed E-state index contributed by atoms with van der Waals surface area (Å²) in [7, 11) is 1.56. The van der Waals surface area contributed by atoms with E-state index in [0.717, 1.165) is 5.56 Å². The molecule has 3 N–H and O–H groups in total. The highest BCUT2D eigenvalue weighted by Gasteiger charge is 2.40. The number of hydrogen-bond donors (Lipinski definition) is 3. The number of nitrogens with one attached hydrogen (secondary N) is 2. The van der Waals surface area contributed by atoms with E-state index in [4.69, 9.17) is 14.9 Å². The summed E-state index contributed by atoms with van der Waals surface area (Å²) in [5, 5.41) is 34.0. The predicted octanol–water partition coefficient (Wildman–Crippen LogP) is 1.90. The maximum Gasteiger partial charge on any atom is 0.243 e. The molecule has 3 rings (SSSR count). The second-order valence-corrected chi connectivity index (χ2v) is 5.00. The quantitative estimate of drug-likeness (QED) is 0.800. The van der Waals surface area contributed by atoms with Crippen LogP contribution >= 0.6 is 0 Å². The summed E-state index contributed by atoms with van der Waals surface area (Å²) in [4.78, 5) is 0. The normalized spacial score (nSPS) is 20.1. The van der Waals surface area contributed by atoms with Crippen LogP contribution in [0.3, 0.4) is 0 Å². The molecule has 1 aromatic carbocycles. The van der Waals surface area contributed by atoms with Crippen molar-refractivity contribution in [1.29, 1.82) is 10.7 Å². The molecule has 2 aromatic rings. The second kappa shape index (κ2) is 5.50. The van der Waals surface area contributed by atoms with Gasteiger partial charge in [0.05, 0.1) is 18.4 Å². The van der Waals surface area contributed by atoms with Gasteiger partial charge in [0, 0.05) is 18.6 Å². The number of aromatic amines is 1. The molecule has 2 unspecified atom stereocenters. The van der Waals surface area contributed by atoms with E-state index in [-0.39, 0.29) is 24.1 Å². The van der Waals surface area contributed by atoms with Crippen LogP contribution in [0.4, 0.5) is 0 Å². The van der Waals surface area contributed by atoms with Crippen molar-refractivity contribution in [2.24, 2.45) is 5.92 Å². The van der Waals surface area contributed by atoms with Crippen molar-refractivity contribution in [2.45, 2.75) is 12.5 Å². The molecule has 0 fully saturated rings. The number of rotatable bonds is 3. The van der Waals surface area contributed by atoms with Gasteiger partial charge < -0.3 is 14.6 Å². The Balaban J connectivity index is 2.19. The Morgan fingerprint density at radius 2 is 2.36 bits per heavy atom. The third-order valence-electron chi connectivity index (χ3n) is 3.64. The fraction of sp³-hybridized carbons (Fsp3) is 0.267. The lowest BCUT2D eigenvalue weighted by molar-refractivity contribution is 0.180. The molecule has 1 aliphatic heterocycles. The van der Waals surface area contributed by atoms with Crippen molar-refractivity contribution in [3.05, 3.63) is 41.1 Å². The second-order valence-electron chi connectivity index (χ2n) is 5.00. The SMILES string of the molecule is COCc1[nH]nc2c1C(c1cccc(O)c1)C(C#N)C(=N)O2. The van der Waals surface area contributed by atoms with E-state index in [1.807, 2.05) is 0 Å². The summed E-state index contributed by atoms with van der Waals surface area (Å²) in [6, 6.07) is 8.76. The highest BCUT2D eigenvalue weighted by molar-refractivity contribution is 5.84. The standard InChI is InChI=1S/C15H14N4O3/c1-21-7-11-13-12(8-3-2-4-9(20)5-8)10(6-16)14(17)22-15(13)19-18-11/h2-5,10,12,17,20H,7H2,1H3,(H,18,19). The Hall–Kier alpha value is -2.85. The van der Waals surface area contributed by atoms with E-state index >= 15 is 0 Å². The molecule has 0 aliphatic carbocycles. The molecule has 1 aromatic heterocycles. The maximum atomic E-state index is 9.72. The fourth-order valence-electron chi connectivity index (χ4n) is 2.72. The Labute approximate surface area is 126 Å². The zero-order valence-electron chi connectivity index (χ0n) is 11.8. The smallest absolute Gasteiger partial charge is 0.243 e. The van der Waals surface area contributed by atoms with Crippen molar-refractivity contribution in [2.75, 3.05) is 7.11 Å². The largest absolute Gasteiger partial charge is 0.508 e. The summed E-state index contributed by atoms with van der Waals surface area (Å²) >= 11 is 0. The van der Waals surface area contributed by atoms with E-state index in [2.05, 4.69) is 16.3 Å². The molecule has 112 valence electrons. The van der Waals surface area contributed by atoms with E-state index in [1.165, 1.54) is 0 Å². The van der Waals surface area contributed by atoms with Gasteiger partial charge in [-0.05, 0) is 17.7 Å². The number of nitriles is 1. The van der Waals surface area contributed by atoms with Gasteiger partial charge in [0.15, 0.2) is 0 Å². The molecule has 0 saturated heterocycles. The van der Waals surface area contributed by atoms with Gasteiger partial charge in [-0.25, -0.2) is 0 Å². The van der Waals surface area contributed by atoms with Gasteiger partial charge >= 0.3 is 0 Å². The molecule has 2 heterocycles. The lowest BCUT2D eigenvalue weighted by Gasteiger charge is -2.28. The zero-order chi connectivity index (χ0) is 15.7. The molecule has 22 heavy (non-hydrogen) atoms. The Morgan fingerprint density at radius 3 is 3.05 bits per heavy atom. The van der Waals surface area contributed by atoms with Gasteiger partial charge in [0.2, 0.25) is 11.8 Å². The molecule has 2 atom stereocenters. The number of phenolic OH excluding ortho intramolecular Hbond substituents is 1. The number of fused-ring (bicyclic) bond motifs is 1. The van der Waals surface area contributed by atoms with Crippen LogP contribution in [0.1, 0.15) is 22.7 Å². The minimum absolute atomic E-state index is 0.102. The molecule has 0 spiro atoms. The topological polar surface area (TPSA) is 115 Å². The first-order valence-electron chi connectivity index (χ1n) is 6.66. The number of nitrogens with zero attached hydrogens (tertiary/aromatic N) is 2. The zero-order valence-corrected chi connectivity index (χ0v) is 11.8. The van der Waals surface area contributed by atoms with E-state index in [1.54, 1.807) is 31.4 Å². The van der Waals surface area contributed by atoms with Crippen LogP contribution in [-0.4, -0.2) is 28.3 Å². The van der Waals surface area contributed by atoms with Crippen LogP contribution in [0.5, 0.6) is 11.6 Å². The van der Waals surface area contributed by atoms with Crippen molar-refractivity contribution in [3.8, 4) is 17.7 Å². The molecular formula is C15H14N4O3. The molecule has 0 saturated carbocycles. The molecule has 7 heteroatoms. The van der Waals surface area contributed by atoms with Gasteiger partial charge in [-0.1, -0.05) is 12.1 Å². The third-order valence-corrected chi connectivity index (χ3v) is 3.64. The molecule has 0 radical (unpaired) electrons. The Bertz CT molecular complexity index is 762. The minimum Gasteiger partial charge on any atom is -0.508 e. The number of methoxy groups -OCH3 is 1. The van der Waals surface area contributed by atoms with Crippen LogP contribution in [-0.2, 0) is 11.3 Å². The summed E-state index contributed by atoms with van der Waals surface area (Å²) in [5.74, 6) is -1.01. The Morgan fingerprint density at radius 1 is 1.55 bits per heavy atom. The number of hydrogen-bond acceptors (Lipinski definition) is 6. The molecular weight excluding hydrogens is 284 g/mol. The summed E-state index contributed by atoms with van der Waals surface area (Å²) in [5.41, 5.74) is 2.10. The van der Waals surface area contributed by atoms with E-state index in [9.17, 15) is 10.4 Å². The van der Waals surface area contributed by atoms with Crippen LogP contribution in [0.2, 0.25) is 0 Å². The van der Waals surface area contributed by atoms with E-state index < -0.39 is 11.8 Å². The number of H-pyrrole nitrogens is 1. The highest BCUT2D eigenvalue weighted by Crippen LogP contribution is 2.43. The predicted molar refractivity (Wildman–Crippen MR) is 76.7 cm³/mol. The van der Waals surface area contributed by atoms with Crippen molar-refractivity contribution >= 4 is 5.90 Å². The number of ether oxygens (including phenoxy) is 2. The van der Waals surface area contributed by atoms with Gasteiger partial charge in [-0.15, -0.1) is 5.10 Å². The minimum atomic E-state index is -0.789. The summed E-state index contributed by atoms with van der Waals surface area (Å²) in [6.45, 7) is 0.284. The Kier molecular flexibility index (Phi) is 3.53. The van der Waals surface area contributed by atoms with Crippen LogP contribution < -0.4 is 4.74 Å². The van der Waals surface area contributed by atoms with Crippen LogP contribution in [0.25, 0.3) is 0 Å². The molecule has 0 bridgehead atoms. The number of phenols is 1. The van der Waals surface area contributed by atoms with Crippen LogP contribution in [0, 0.1) is 22.7 Å². The monoisotopic (exact) mass is 298 g/mol. The molecule has 7 nitrogen and oxygen atoms in total. The maximum absolute atomic E-state index is 9.72. The first-order valence-corrected chi connectivity index (χ1v) is 6.66. The van der Waals surface area contributed by atoms with Crippen molar-refractivity contribution < 1.29 is 14.6 Å². The van der Waals surface area contributed by atoms with Gasteiger partial charge in [-0.2, -0.15) is 5.26 Å². The average molecular weight is 298 g/mol. The average Bonchev–Trinajstić information content (AvgIpc) is 2.88. The number of aromatic hydroxyl groups is 1. The fourth-order valence-corrected chi connectivity index (χ4v) is 2.72. The van der Waals surface area contributed by atoms with Gasteiger partial charge in [0.25, 0.3) is 0 Å². The molecule has 1 aliphatic rings. The lowest BCUT2D eigenvalue weighted by atomic mass is 9.79.